The van der Waals surface area contributed by atoms with Crippen molar-refractivity contribution in [2.75, 3.05) is 13.6 Å². The maximum Gasteiger partial charge on any atom is 0.246 e. The van der Waals surface area contributed by atoms with Gasteiger partial charge in [-0.05, 0) is 32.1 Å². The van der Waals surface area contributed by atoms with E-state index in [9.17, 15) is 9.59 Å². The SMILES string of the molecule is C=CC(=O)N(C)CC(=O)NC(C)(C)c1nc2ccc(Cl)cc2o1. The molecule has 6 nitrogen and oxygen atoms in total. The maximum absolute atomic E-state index is 12.1. The van der Waals surface area contributed by atoms with Crippen molar-refractivity contribution in [1.82, 2.24) is 15.2 Å². The molecule has 0 saturated carbocycles. The van der Waals surface area contributed by atoms with Crippen molar-refractivity contribution in [2.24, 2.45) is 0 Å². The minimum atomic E-state index is -0.833. The minimum absolute atomic E-state index is 0.0830. The number of halogens is 1. The molecule has 2 amide bonds. The number of nitrogens with zero attached hydrogens (tertiary/aromatic N) is 2. The molecule has 0 unspecified atom stereocenters. The molecule has 122 valence electrons. The Morgan fingerprint density at radius 2 is 2.17 bits per heavy atom. The molecule has 0 fully saturated rings. The Balaban J connectivity index is 2.14. The van der Waals surface area contributed by atoms with Crippen molar-refractivity contribution in [3.8, 4) is 0 Å². The average Bonchev–Trinajstić information content (AvgIpc) is 2.89. The fourth-order valence-electron chi connectivity index (χ4n) is 2.06. The number of carbonyl (C=O) groups is 2. The van der Waals surface area contributed by atoms with Crippen LogP contribution in [0.3, 0.4) is 0 Å². The monoisotopic (exact) mass is 335 g/mol. The summed E-state index contributed by atoms with van der Waals surface area (Å²) in [5.74, 6) is -0.289. The van der Waals surface area contributed by atoms with E-state index in [4.69, 9.17) is 16.0 Å². The Hall–Kier alpha value is -2.34. The highest BCUT2D eigenvalue weighted by atomic mass is 35.5. The number of benzene rings is 1. The zero-order chi connectivity index (χ0) is 17.2. The van der Waals surface area contributed by atoms with Gasteiger partial charge in [-0.3, -0.25) is 9.59 Å². The summed E-state index contributed by atoms with van der Waals surface area (Å²) in [6.45, 7) is 6.84. The summed E-state index contributed by atoms with van der Waals surface area (Å²) < 4.78 is 5.68. The van der Waals surface area contributed by atoms with Crippen LogP contribution in [0.4, 0.5) is 0 Å². The molecule has 7 heteroatoms. The molecule has 2 rings (SSSR count). The second kappa shape index (κ2) is 6.42. The molecule has 0 bridgehead atoms. The van der Waals surface area contributed by atoms with Gasteiger partial charge < -0.3 is 14.6 Å². The molecule has 0 aliphatic carbocycles. The van der Waals surface area contributed by atoms with Gasteiger partial charge >= 0.3 is 0 Å². The number of hydrogen-bond donors (Lipinski definition) is 1. The minimum Gasteiger partial charge on any atom is -0.438 e. The molecule has 1 N–H and O–H groups in total. The fraction of sp³-hybridized carbons (Fsp3) is 0.312. The first-order valence-corrected chi connectivity index (χ1v) is 7.36. The lowest BCUT2D eigenvalue weighted by Crippen LogP contribution is -2.46. The quantitative estimate of drug-likeness (QED) is 0.852. The van der Waals surface area contributed by atoms with Crippen LogP contribution < -0.4 is 5.32 Å². The summed E-state index contributed by atoms with van der Waals surface area (Å²) in [4.78, 5) is 29.2. The second-order valence-electron chi connectivity index (χ2n) is 5.70. The van der Waals surface area contributed by atoms with Gasteiger partial charge in [0, 0.05) is 18.1 Å². The van der Waals surface area contributed by atoms with Gasteiger partial charge in [0.05, 0.1) is 6.54 Å². The lowest BCUT2D eigenvalue weighted by atomic mass is 10.1. The van der Waals surface area contributed by atoms with Crippen molar-refractivity contribution < 1.29 is 14.0 Å². The van der Waals surface area contributed by atoms with Gasteiger partial charge in [-0.25, -0.2) is 4.98 Å². The van der Waals surface area contributed by atoms with Crippen LogP contribution in [-0.2, 0) is 15.1 Å². The maximum atomic E-state index is 12.1. The second-order valence-corrected chi connectivity index (χ2v) is 6.14. The molecule has 0 saturated heterocycles. The van der Waals surface area contributed by atoms with Crippen molar-refractivity contribution >= 4 is 34.5 Å². The van der Waals surface area contributed by atoms with E-state index in [2.05, 4.69) is 16.9 Å². The fourth-order valence-corrected chi connectivity index (χ4v) is 2.22. The summed E-state index contributed by atoms with van der Waals surface area (Å²) in [7, 11) is 1.53. The van der Waals surface area contributed by atoms with Crippen LogP contribution in [0.15, 0.2) is 35.3 Å². The number of amides is 2. The van der Waals surface area contributed by atoms with Crippen LogP contribution in [0.2, 0.25) is 5.02 Å². The van der Waals surface area contributed by atoms with Gasteiger partial charge in [0.2, 0.25) is 17.7 Å². The lowest BCUT2D eigenvalue weighted by molar-refractivity contribution is -0.132. The summed E-state index contributed by atoms with van der Waals surface area (Å²) in [6, 6.07) is 5.14. The number of nitrogens with one attached hydrogen (secondary N) is 1. The Labute approximate surface area is 139 Å². The predicted molar refractivity (Wildman–Crippen MR) is 88.0 cm³/mol. The third kappa shape index (κ3) is 3.90. The first-order chi connectivity index (χ1) is 10.7. The predicted octanol–water partition coefficient (Wildman–Crippen LogP) is 2.48. The molecule has 0 spiro atoms. The summed E-state index contributed by atoms with van der Waals surface area (Å²) >= 11 is 5.92. The summed E-state index contributed by atoms with van der Waals surface area (Å²) in [6.07, 6.45) is 1.16. The van der Waals surface area contributed by atoms with Gasteiger partial charge in [-0.15, -0.1) is 0 Å². The van der Waals surface area contributed by atoms with Crippen LogP contribution in [0.5, 0.6) is 0 Å². The molecule has 1 aromatic heterocycles. The molecule has 23 heavy (non-hydrogen) atoms. The van der Waals surface area contributed by atoms with E-state index < -0.39 is 5.54 Å². The van der Waals surface area contributed by atoms with Gasteiger partial charge in [0.15, 0.2) is 5.58 Å². The molecular formula is C16H18ClN3O3. The zero-order valence-electron chi connectivity index (χ0n) is 13.2. The Kier molecular flexibility index (Phi) is 4.75. The first-order valence-electron chi connectivity index (χ1n) is 6.98. The van der Waals surface area contributed by atoms with E-state index in [-0.39, 0.29) is 18.4 Å². The van der Waals surface area contributed by atoms with Crippen LogP contribution in [0.1, 0.15) is 19.7 Å². The van der Waals surface area contributed by atoms with Gasteiger partial charge in [-0.1, -0.05) is 18.2 Å². The lowest BCUT2D eigenvalue weighted by Gasteiger charge is -2.24. The van der Waals surface area contributed by atoms with E-state index in [1.807, 2.05) is 0 Å². The molecule has 0 radical (unpaired) electrons. The molecule has 0 aliphatic rings. The van der Waals surface area contributed by atoms with E-state index in [0.29, 0.717) is 22.0 Å². The van der Waals surface area contributed by atoms with Gasteiger partial charge in [-0.2, -0.15) is 0 Å². The third-order valence-electron chi connectivity index (χ3n) is 3.27. The van der Waals surface area contributed by atoms with E-state index >= 15 is 0 Å². The van der Waals surface area contributed by atoms with Crippen molar-refractivity contribution in [2.45, 2.75) is 19.4 Å². The highest BCUT2D eigenvalue weighted by Gasteiger charge is 2.29. The molecule has 0 aliphatic heterocycles. The Morgan fingerprint density at radius 1 is 1.48 bits per heavy atom. The van der Waals surface area contributed by atoms with Gasteiger partial charge in [0.25, 0.3) is 0 Å². The highest BCUT2D eigenvalue weighted by Crippen LogP contribution is 2.26. The van der Waals surface area contributed by atoms with Crippen LogP contribution in [0.25, 0.3) is 11.1 Å². The molecule has 0 atom stereocenters. The van der Waals surface area contributed by atoms with Crippen LogP contribution >= 0.6 is 11.6 Å². The number of hydrogen-bond acceptors (Lipinski definition) is 4. The smallest absolute Gasteiger partial charge is 0.246 e. The van der Waals surface area contributed by atoms with Crippen LogP contribution in [0, 0.1) is 0 Å². The highest BCUT2D eigenvalue weighted by molar-refractivity contribution is 6.31. The first kappa shape index (κ1) is 17.0. The van der Waals surface area contributed by atoms with Gasteiger partial charge in [0.1, 0.15) is 11.1 Å². The van der Waals surface area contributed by atoms with E-state index in [1.54, 1.807) is 32.0 Å². The van der Waals surface area contributed by atoms with Crippen molar-refractivity contribution in [3.05, 3.63) is 41.8 Å². The molecule has 1 aromatic carbocycles. The van der Waals surface area contributed by atoms with Crippen molar-refractivity contribution in [1.29, 1.82) is 0 Å². The zero-order valence-corrected chi connectivity index (χ0v) is 14.0. The number of aromatic nitrogens is 1. The number of fused-ring (bicyclic) bond motifs is 1. The Bertz CT molecular complexity index is 767. The van der Waals surface area contributed by atoms with Crippen molar-refractivity contribution in [3.63, 3.8) is 0 Å². The van der Waals surface area contributed by atoms with E-state index in [0.717, 1.165) is 6.08 Å². The molecule has 2 aromatic rings. The third-order valence-corrected chi connectivity index (χ3v) is 3.50. The van der Waals surface area contributed by atoms with E-state index in [1.165, 1.54) is 11.9 Å². The summed E-state index contributed by atoms with van der Waals surface area (Å²) in [5, 5.41) is 3.35. The summed E-state index contributed by atoms with van der Waals surface area (Å²) in [5.41, 5.74) is 0.375. The normalized spacial score (nSPS) is 11.3. The number of oxazole rings is 1. The largest absolute Gasteiger partial charge is 0.438 e. The number of likely N-dealkylation sites (N-methyl/N-ethyl adjacent to an activating group) is 1. The molecular weight excluding hydrogens is 318 g/mol. The average molecular weight is 336 g/mol. The number of carbonyl (C=O) groups excluding carboxylic acids is 2. The number of rotatable bonds is 5. The van der Waals surface area contributed by atoms with Crippen LogP contribution in [-0.4, -0.2) is 35.3 Å². The topological polar surface area (TPSA) is 75.4 Å². The standard InChI is InChI=1S/C16H18ClN3O3/c1-5-14(22)20(4)9-13(21)19-16(2,3)15-18-11-7-6-10(17)8-12(11)23-15/h5-8H,1,9H2,2-4H3,(H,19,21). The Morgan fingerprint density at radius 3 is 2.83 bits per heavy atom. The molecule has 1 heterocycles.